The van der Waals surface area contributed by atoms with E-state index >= 15 is 0 Å². The molecule has 1 aromatic heterocycles. The maximum absolute atomic E-state index is 12.6. The number of fused-ring (bicyclic) bond motifs is 2. The third kappa shape index (κ3) is 2.17. The van der Waals surface area contributed by atoms with Gasteiger partial charge >= 0.3 is 0 Å². The van der Waals surface area contributed by atoms with Gasteiger partial charge in [-0.05, 0) is 42.5 Å². The maximum atomic E-state index is 12.6. The topological polar surface area (TPSA) is 55.1 Å². The van der Waals surface area contributed by atoms with Gasteiger partial charge in [0, 0.05) is 0 Å². The zero-order valence-electron chi connectivity index (χ0n) is 12.1. The Morgan fingerprint density at radius 3 is 2.91 bits per heavy atom. The van der Waals surface area contributed by atoms with Gasteiger partial charge in [-0.1, -0.05) is 41.6 Å². The van der Waals surface area contributed by atoms with E-state index in [1.807, 2.05) is 36.4 Å². The van der Waals surface area contributed by atoms with Crippen LogP contribution in [-0.2, 0) is 6.42 Å². The highest BCUT2D eigenvalue weighted by Gasteiger charge is 2.24. The van der Waals surface area contributed by atoms with E-state index in [0.717, 1.165) is 24.6 Å². The molecule has 0 unspecified atom stereocenters. The molecule has 22 heavy (non-hydrogen) atoms. The van der Waals surface area contributed by atoms with E-state index in [2.05, 4.69) is 22.6 Å². The Balaban J connectivity index is 1.63. The van der Waals surface area contributed by atoms with Gasteiger partial charge in [-0.3, -0.25) is 4.79 Å². The number of benzene rings is 2. The van der Waals surface area contributed by atoms with Crippen molar-refractivity contribution >= 4 is 16.8 Å². The monoisotopic (exact) mass is 292 g/mol. The SMILES string of the molecule is O=C(N[C@H]1CCCc2ccccc21)c1onc2ccccc12. The first-order chi connectivity index (χ1) is 10.8. The molecule has 0 spiro atoms. The van der Waals surface area contributed by atoms with Crippen molar-refractivity contribution in [2.75, 3.05) is 0 Å². The summed E-state index contributed by atoms with van der Waals surface area (Å²) in [6.07, 6.45) is 3.11. The van der Waals surface area contributed by atoms with Crippen LogP contribution in [0, 0.1) is 0 Å². The van der Waals surface area contributed by atoms with E-state index in [1.165, 1.54) is 11.1 Å². The van der Waals surface area contributed by atoms with Crippen LogP contribution in [-0.4, -0.2) is 11.1 Å². The lowest BCUT2D eigenvalue weighted by Crippen LogP contribution is -2.30. The van der Waals surface area contributed by atoms with Gasteiger partial charge < -0.3 is 9.84 Å². The predicted molar refractivity (Wildman–Crippen MR) is 83.6 cm³/mol. The molecule has 4 nitrogen and oxygen atoms in total. The van der Waals surface area contributed by atoms with Crippen molar-refractivity contribution in [2.45, 2.75) is 25.3 Å². The van der Waals surface area contributed by atoms with E-state index in [9.17, 15) is 4.79 Å². The molecule has 1 aliphatic carbocycles. The molecule has 4 heteroatoms. The smallest absolute Gasteiger partial charge is 0.291 e. The summed E-state index contributed by atoms with van der Waals surface area (Å²) in [5.41, 5.74) is 3.24. The molecule has 0 saturated carbocycles. The van der Waals surface area contributed by atoms with Gasteiger partial charge in [-0.15, -0.1) is 0 Å². The van der Waals surface area contributed by atoms with Gasteiger partial charge in [-0.25, -0.2) is 0 Å². The van der Waals surface area contributed by atoms with Crippen LogP contribution in [0.2, 0.25) is 0 Å². The minimum absolute atomic E-state index is 0.0429. The van der Waals surface area contributed by atoms with E-state index < -0.39 is 0 Å². The third-order valence-corrected chi connectivity index (χ3v) is 4.26. The fourth-order valence-electron chi connectivity index (χ4n) is 3.18. The number of nitrogens with one attached hydrogen (secondary N) is 1. The first-order valence-electron chi connectivity index (χ1n) is 7.56. The molecular weight excluding hydrogens is 276 g/mol. The van der Waals surface area contributed by atoms with Gasteiger partial charge in [0.05, 0.1) is 11.4 Å². The first kappa shape index (κ1) is 13.1. The standard InChI is InChI=1S/C18H16N2O2/c21-18(17-14-9-3-4-10-16(14)20-22-17)19-15-11-5-7-12-6-1-2-8-13(12)15/h1-4,6,8-10,15H,5,7,11H2,(H,19,21)/t15-/m0/s1. The predicted octanol–water partition coefficient (Wildman–Crippen LogP) is 3.64. The molecular formula is C18H16N2O2. The largest absolute Gasteiger partial charge is 0.350 e. The van der Waals surface area contributed by atoms with Gasteiger partial charge in [0.25, 0.3) is 5.91 Å². The van der Waals surface area contributed by atoms with Crippen LogP contribution in [0.5, 0.6) is 0 Å². The van der Waals surface area contributed by atoms with E-state index in [0.29, 0.717) is 11.3 Å². The van der Waals surface area contributed by atoms with Crippen molar-refractivity contribution in [2.24, 2.45) is 0 Å². The van der Waals surface area contributed by atoms with Crippen LogP contribution >= 0.6 is 0 Å². The van der Waals surface area contributed by atoms with Crippen molar-refractivity contribution in [1.29, 1.82) is 0 Å². The van der Waals surface area contributed by atoms with Crippen molar-refractivity contribution in [3.63, 3.8) is 0 Å². The molecule has 0 fully saturated rings. The molecule has 110 valence electrons. The van der Waals surface area contributed by atoms with Crippen LogP contribution in [0.1, 0.15) is 40.6 Å². The number of aromatic nitrogens is 1. The molecule has 1 heterocycles. The van der Waals surface area contributed by atoms with Crippen molar-refractivity contribution in [1.82, 2.24) is 10.5 Å². The second-order valence-electron chi connectivity index (χ2n) is 5.65. The number of hydrogen-bond donors (Lipinski definition) is 1. The van der Waals surface area contributed by atoms with Crippen LogP contribution in [0.3, 0.4) is 0 Å². The van der Waals surface area contributed by atoms with Crippen LogP contribution < -0.4 is 5.32 Å². The van der Waals surface area contributed by atoms with E-state index in [4.69, 9.17) is 4.52 Å². The van der Waals surface area contributed by atoms with Crippen LogP contribution in [0.4, 0.5) is 0 Å². The van der Waals surface area contributed by atoms with Gasteiger partial charge in [-0.2, -0.15) is 0 Å². The summed E-state index contributed by atoms with van der Waals surface area (Å²) in [7, 11) is 0. The summed E-state index contributed by atoms with van der Waals surface area (Å²) in [5.74, 6) is 0.0917. The maximum Gasteiger partial charge on any atom is 0.291 e. The van der Waals surface area contributed by atoms with Crippen molar-refractivity contribution < 1.29 is 9.32 Å². The Kier molecular flexibility index (Phi) is 3.15. The molecule has 0 radical (unpaired) electrons. The summed E-state index contributed by atoms with van der Waals surface area (Å²) < 4.78 is 5.24. The van der Waals surface area contributed by atoms with Crippen molar-refractivity contribution in [3.05, 3.63) is 65.4 Å². The Morgan fingerprint density at radius 1 is 1.14 bits per heavy atom. The average Bonchev–Trinajstić information content (AvgIpc) is 2.99. The normalized spacial score (nSPS) is 17.2. The third-order valence-electron chi connectivity index (χ3n) is 4.26. The fraction of sp³-hybridized carbons (Fsp3) is 0.222. The number of nitrogens with zero attached hydrogens (tertiary/aromatic N) is 1. The quantitative estimate of drug-likeness (QED) is 0.784. The molecule has 1 amide bonds. The second-order valence-corrected chi connectivity index (χ2v) is 5.65. The number of hydrogen-bond acceptors (Lipinski definition) is 3. The number of carbonyl (C=O) groups is 1. The van der Waals surface area contributed by atoms with Gasteiger partial charge in [0.1, 0.15) is 5.52 Å². The Labute approximate surface area is 128 Å². The lowest BCUT2D eigenvalue weighted by atomic mass is 9.87. The minimum Gasteiger partial charge on any atom is -0.350 e. The minimum atomic E-state index is -0.199. The Bertz CT molecular complexity index is 838. The average molecular weight is 292 g/mol. The van der Waals surface area contributed by atoms with E-state index in [1.54, 1.807) is 0 Å². The molecule has 1 atom stereocenters. The summed E-state index contributed by atoms with van der Waals surface area (Å²) in [6, 6.07) is 15.8. The molecule has 3 aromatic rings. The van der Waals surface area contributed by atoms with Crippen molar-refractivity contribution in [3.8, 4) is 0 Å². The van der Waals surface area contributed by atoms with Gasteiger partial charge in [0.15, 0.2) is 0 Å². The Morgan fingerprint density at radius 2 is 1.95 bits per heavy atom. The molecule has 1 aliphatic rings. The summed E-state index contributed by atoms with van der Waals surface area (Å²) >= 11 is 0. The van der Waals surface area contributed by atoms with E-state index in [-0.39, 0.29) is 11.9 Å². The molecule has 0 saturated heterocycles. The Hall–Kier alpha value is -2.62. The molecule has 1 N–H and O–H groups in total. The molecule has 0 aliphatic heterocycles. The van der Waals surface area contributed by atoms with Gasteiger partial charge in [0.2, 0.25) is 5.76 Å². The molecule has 0 bridgehead atoms. The molecule has 2 aromatic carbocycles. The second kappa shape index (κ2) is 5.30. The number of rotatable bonds is 2. The summed E-state index contributed by atoms with van der Waals surface area (Å²) in [6.45, 7) is 0. The first-order valence-corrected chi connectivity index (χ1v) is 7.56. The highest BCUT2D eigenvalue weighted by Crippen LogP contribution is 2.30. The summed E-state index contributed by atoms with van der Waals surface area (Å²) in [5, 5.41) is 7.79. The zero-order valence-corrected chi connectivity index (χ0v) is 12.1. The van der Waals surface area contributed by atoms with Crippen LogP contribution in [0.15, 0.2) is 53.1 Å². The molecule has 4 rings (SSSR count). The number of aryl methyl sites for hydroxylation is 1. The highest BCUT2D eigenvalue weighted by atomic mass is 16.5. The number of carbonyl (C=O) groups excluding carboxylic acids is 1. The highest BCUT2D eigenvalue weighted by molar-refractivity contribution is 6.03. The lowest BCUT2D eigenvalue weighted by molar-refractivity contribution is 0.0898. The number of amides is 1. The fourth-order valence-corrected chi connectivity index (χ4v) is 3.18. The summed E-state index contributed by atoms with van der Waals surface area (Å²) in [4.78, 5) is 12.6. The lowest BCUT2D eigenvalue weighted by Gasteiger charge is -2.25. The van der Waals surface area contributed by atoms with Crippen LogP contribution in [0.25, 0.3) is 10.9 Å². The zero-order chi connectivity index (χ0) is 14.9.